The van der Waals surface area contributed by atoms with Gasteiger partial charge in [0, 0.05) is 11.4 Å². The molecule has 2 rings (SSSR count). The van der Waals surface area contributed by atoms with Crippen LogP contribution in [0, 0.1) is 0 Å². The van der Waals surface area contributed by atoms with Gasteiger partial charge < -0.3 is 10.6 Å². The second kappa shape index (κ2) is 7.96. The van der Waals surface area contributed by atoms with E-state index >= 15 is 0 Å². The standard InChI is InChI=1S/C17H20N2S2/c1-3-11-18-17(20)19-16(15-6-5-12-21-15)14-9-7-13(4-2)8-10-14/h3,5-10,12,16H,1,4,11H2,2H3,(H2,18,19,20)/t16-/m1/s1. The van der Waals surface area contributed by atoms with E-state index in [4.69, 9.17) is 12.2 Å². The van der Waals surface area contributed by atoms with Gasteiger partial charge in [-0.3, -0.25) is 0 Å². The molecule has 110 valence electrons. The zero-order chi connectivity index (χ0) is 15.1. The van der Waals surface area contributed by atoms with Gasteiger partial charge >= 0.3 is 0 Å². The molecule has 0 aliphatic heterocycles. The molecule has 0 fully saturated rings. The van der Waals surface area contributed by atoms with Crippen LogP contribution in [-0.2, 0) is 6.42 Å². The number of rotatable bonds is 6. The first kappa shape index (κ1) is 15.7. The molecule has 0 saturated heterocycles. The number of aryl methyl sites for hydroxylation is 1. The predicted molar refractivity (Wildman–Crippen MR) is 95.9 cm³/mol. The first-order chi connectivity index (χ1) is 10.2. The lowest BCUT2D eigenvalue weighted by Crippen LogP contribution is -2.37. The number of hydrogen-bond acceptors (Lipinski definition) is 2. The van der Waals surface area contributed by atoms with Crippen LogP contribution in [0.5, 0.6) is 0 Å². The number of thiocarbonyl (C=S) groups is 1. The van der Waals surface area contributed by atoms with Crippen LogP contribution in [0.25, 0.3) is 0 Å². The van der Waals surface area contributed by atoms with Gasteiger partial charge in [-0.15, -0.1) is 17.9 Å². The Morgan fingerprint density at radius 1 is 1.33 bits per heavy atom. The van der Waals surface area contributed by atoms with Gasteiger partial charge in [0.25, 0.3) is 0 Å². The van der Waals surface area contributed by atoms with Crippen LogP contribution in [0.4, 0.5) is 0 Å². The first-order valence-corrected chi connectivity index (χ1v) is 8.31. The Morgan fingerprint density at radius 3 is 2.67 bits per heavy atom. The summed E-state index contributed by atoms with van der Waals surface area (Å²) in [6.07, 6.45) is 2.85. The summed E-state index contributed by atoms with van der Waals surface area (Å²) in [6, 6.07) is 13.0. The van der Waals surface area contributed by atoms with Crippen LogP contribution in [0.1, 0.15) is 29.0 Å². The van der Waals surface area contributed by atoms with Crippen LogP contribution in [0.15, 0.2) is 54.4 Å². The molecule has 0 aliphatic rings. The minimum atomic E-state index is 0.0840. The Kier molecular flexibility index (Phi) is 5.96. The fourth-order valence-electron chi connectivity index (χ4n) is 2.07. The maximum atomic E-state index is 5.35. The zero-order valence-electron chi connectivity index (χ0n) is 12.1. The minimum absolute atomic E-state index is 0.0840. The maximum absolute atomic E-state index is 5.35. The SMILES string of the molecule is C=CCNC(=S)N[C@H](c1ccc(CC)cc1)c1cccs1. The fraction of sp³-hybridized carbons (Fsp3) is 0.235. The molecule has 0 radical (unpaired) electrons. The van der Waals surface area contributed by atoms with E-state index in [2.05, 4.69) is 65.9 Å². The summed E-state index contributed by atoms with van der Waals surface area (Å²) in [5.41, 5.74) is 2.56. The highest BCUT2D eigenvalue weighted by Crippen LogP contribution is 2.26. The molecule has 21 heavy (non-hydrogen) atoms. The Bertz CT molecular complexity index is 573. The third kappa shape index (κ3) is 4.41. The molecule has 1 aromatic heterocycles. The van der Waals surface area contributed by atoms with E-state index in [1.807, 2.05) is 0 Å². The lowest BCUT2D eigenvalue weighted by molar-refractivity contribution is 0.760. The highest BCUT2D eigenvalue weighted by atomic mass is 32.1. The smallest absolute Gasteiger partial charge is 0.167 e. The Labute approximate surface area is 135 Å². The molecular formula is C17H20N2S2. The molecule has 1 atom stereocenters. The summed E-state index contributed by atoms with van der Waals surface area (Å²) in [5, 5.41) is 9.25. The second-order valence-corrected chi connectivity index (χ2v) is 6.07. The van der Waals surface area contributed by atoms with Crippen molar-refractivity contribution in [2.24, 2.45) is 0 Å². The highest BCUT2D eigenvalue weighted by Gasteiger charge is 2.16. The van der Waals surface area contributed by atoms with E-state index in [1.165, 1.54) is 16.0 Å². The molecule has 0 amide bonds. The van der Waals surface area contributed by atoms with E-state index in [9.17, 15) is 0 Å². The van der Waals surface area contributed by atoms with E-state index in [1.54, 1.807) is 17.4 Å². The van der Waals surface area contributed by atoms with Gasteiger partial charge in [0.05, 0.1) is 6.04 Å². The van der Waals surface area contributed by atoms with Crippen molar-refractivity contribution in [1.29, 1.82) is 0 Å². The van der Waals surface area contributed by atoms with Crippen molar-refractivity contribution in [2.75, 3.05) is 6.54 Å². The van der Waals surface area contributed by atoms with Gasteiger partial charge in [-0.1, -0.05) is 43.3 Å². The summed E-state index contributed by atoms with van der Waals surface area (Å²) in [5.74, 6) is 0. The van der Waals surface area contributed by atoms with Gasteiger partial charge in [-0.25, -0.2) is 0 Å². The second-order valence-electron chi connectivity index (χ2n) is 4.69. The minimum Gasteiger partial charge on any atom is -0.359 e. The van der Waals surface area contributed by atoms with Crippen molar-refractivity contribution in [2.45, 2.75) is 19.4 Å². The van der Waals surface area contributed by atoms with Crippen LogP contribution < -0.4 is 10.6 Å². The molecule has 1 aromatic carbocycles. The zero-order valence-corrected chi connectivity index (χ0v) is 13.8. The first-order valence-electron chi connectivity index (χ1n) is 7.02. The Balaban J connectivity index is 2.19. The third-order valence-electron chi connectivity index (χ3n) is 3.23. The summed E-state index contributed by atoms with van der Waals surface area (Å²) in [6.45, 7) is 6.52. The number of nitrogens with one attached hydrogen (secondary N) is 2. The molecular weight excluding hydrogens is 296 g/mol. The topological polar surface area (TPSA) is 24.1 Å². The van der Waals surface area contributed by atoms with Crippen LogP contribution in [0.3, 0.4) is 0 Å². The van der Waals surface area contributed by atoms with E-state index in [-0.39, 0.29) is 6.04 Å². The molecule has 2 aromatic rings. The van der Waals surface area contributed by atoms with Crippen LogP contribution in [0.2, 0.25) is 0 Å². The molecule has 1 heterocycles. The van der Waals surface area contributed by atoms with Crippen molar-refractivity contribution < 1.29 is 0 Å². The van der Waals surface area contributed by atoms with Crippen molar-refractivity contribution in [3.05, 3.63) is 70.4 Å². The molecule has 4 heteroatoms. The summed E-state index contributed by atoms with van der Waals surface area (Å²) >= 11 is 7.08. The molecule has 0 saturated carbocycles. The quantitative estimate of drug-likeness (QED) is 0.621. The predicted octanol–water partition coefficient (Wildman–Crippen LogP) is 4.05. The van der Waals surface area contributed by atoms with Crippen molar-refractivity contribution >= 4 is 28.7 Å². The monoisotopic (exact) mass is 316 g/mol. The van der Waals surface area contributed by atoms with Gasteiger partial charge in [0.1, 0.15) is 0 Å². The van der Waals surface area contributed by atoms with E-state index < -0.39 is 0 Å². The Morgan fingerprint density at radius 2 is 2.10 bits per heavy atom. The number of thiophene rings is 1. The fourth-order valence-corrected chi connectivity index (χ4v) is 3.07. The molecule has 0 unspecified atom stereocenters. The number of hydrogen-bond donors (Lipinski definition) is 2. The molecule has 2 N–H and O–H groups in total. The van der Waals surface area contributed by atoms with Crippen LogP contribution >= 0.6 is 23.6 Å². The molecule has 2 nitrogen and oxygen atoms in total. The lowest BCUT2D eigenvalue weighted by atomic mass is 10.0. The summed E-state index contributed by atoms with van der Waals surface area (Å²) < 4.78 is 0. The molecule has 0 bridgehead atoms. The van der Waals surface area contributed by atoms with Gasteiger partial charge in [-0.05, 0) is 41.2 Å². The summed E-state index contributed by atoms with van der Waals surface area (Å²) in [7, 11) is 0. The molecule has 0 spiro atoms. The van der Waals surface area contributed by atoms with Crippen molar-refractivity contribution in [3.63, 3.8) is 0 Å². The van der Waals surface area contributed by atoms with Gasteiger partial charge in [0.15, 0.2) is 5.11 Å². The average molecular weight is 316 g/mol. The Hall–Kier alpha value is -1.65. The van der Waals surface area contributed by atoms with Gasteiger partial charge in [-0.2, -0.15) is 0 Å². The van der Waals surface area contributed by atoms with E-state index in [0.717, 1.165) is 6.42 Å². The average Bonchev–Trinajstić information content (AvgIpc) is 3.05. The van der Waals surface area contributed by atoms with Gasteiger partial charge in [0.2, 0.25) is 0 Å². The summed E-state index contributed by atoms with van der Waals surface area (Å²) in [4.78, 5) is 1.25. The van der Waals surface area contributed by atoms with Crippen LogP contribution in [-0.4, -0.2) is 11.7 Å². The maximum Gasteiger partial charge on any atom is 0.167 e. The molecule has 0 aliphatic carbocycles. The number of benzene rings is 1. The normalized spacial score (nSPS) is 11.7. The highest BCUT2D eigenvalue weighted by molar-refractivity contribution is 7.80. The largest absolute Gasteiger partial charge is 0.359 e. The van der Waals surface area contributed by atoms with Crippen molar-refractivity contribution in [3.8, 4) is 0 Å². The van der Waals surface area contributed by atoms with E-state index in [0.29, 0.717) is 11.7 Å². The lowest BCUT2D eigenvalue weighted by Gasteiger charge is -2.20. The third-order valence-corrected chi connectivity index (χ3v) is 4.43. The van der Waals surface area contributed by atoms with Crippen molar-refractivity contribution in [1.82, 2.24) is 10.6 Å².